The highest BCUT2D eigenvalue weighted by Gasteiger charge is 2.35. The zero-order valence-corrected chi connectivity index (χ0v) is 21.6. The molecule has 1 fully saturated rings. The van der Waals surface area contributed by atoms with E-state index in [9.17, 15) is 9.59 Å². The summed E-state index contributed by atoms with van der Waals surface area (Å²) in [6.45, 7) is 5.99. The number of methoxy groups -OCH3 is 1. The zero-order valence-electron chi connectivity index (χ0n) is 21.6. The van der Waals surface area contributed by atoms with Crippen LogP contribution >= 0.6 is 0 Å². The van der Waals surface area contributed by atoms with Crippen molar-refractivity contribution in [3.8, 4) is 23.2 Å². The fourth-order valence-electron chi connectivity index (χ4n) is 4.43. The van der Waals surface area contributed by atoms with Crippen molar-refractivity contribution in [2.45, 2.75) is 27.2 Å². The minimum Gasteiger partial charge on any atom is -0.497 e. The summed E-state index contributed by atoms with van der Waals surface area (Å²) in [5.41, 5.74) is 3.18. The molecule has 10 heteroatoms. The highest BCUT2D eigenvalue weighted by atomic mass is 16.5. The quantitative estimate of drug-likeness (QED) is 0.391. The van der Waals surface area contributed by atoms with Crippen LogP contribution in [-0.2, 0) is 9.59 Å². The lowest BCUT2D eigenvalue weighted by Gasteiger charge is -2.17. The highest BCUT2D eigenvalue weighted by molar-refractivity contribution is 6.03. The molecule has 0 aliphatic carbocycles. The summed E-state index contributed by atoms with van der Waals surface area (Å²) >= 11 is 0. The number of benzene rings is 2. The number of aromatic nitrogens is 4. The maximum atomic E-state index is 12.9. The maximum Gasteiger partial charge on any atom is 0.229 e. The first-order valence-electron chi connectivity index (χ1n) is 12.2. The normalized spacial score (nSPS) is 15.0. The molecule has 10 nitrogen and oxygen atoms in total. The van der Waals surface area contributed by atoms with Gasteiger partial charge >= 0.3 is 0 Å². The Morgan fingerprint density at radius 3 is 2.50 bits per heavy atom. The van der Waals surface area contributed by atoms with Crippen LogP contribution in [0.2, 0.25) is 0 Å². The van der Waals surface area contributed by atoms with Gasteiger partial charge in [-0.1, -0.05) is 6.07 Å². The molecule has 1 aliphatic rings. The van der Waals surface area contributed by atoms with Crippen molar-refractivity contribution in [1.82, 2.24) is 19.7 Å². The molecule has 1 aliphatic heterocycles. The van der Waals surface area contributed by atoms with Crippen molar-refractivity contribution in [3.05, 3.63) is 77.9 Å². The number of ether oxygens (including phenoxy) is 2. The summed E-state index contributed by atoms with van der Waals surface area (Å²) < 4.78 is 13.0. The van der Waals surface area contributed by atoms with Gasteiger partial charge in [-0.3, -0.25) is 9.59 Å². The van der Waals surface area contributed by atoms with E-state index in [2.05, 4.69) is 20.4 Å². The summed E-state index contributed by atoms with van der Waals surface area (Å²) in [5.74, 6) is 2.02. The standard InChI is InChI=1S/C28H28N6O4/c1-17-12-18(2)34(32-17)25-15-26(30-19(3)29-25)38-23-10-8-21(9-11-23)31-28(36)20-13-27(35)33(16-20)22-6-5-7-24(14-22)37-4/h5-12,14-15,20H,13,16H2,1-4H3,(H,31,36). The van der Waals surface area contributed by atoms with Crippen LogP contribution in [0.5, 0.6) is 17.4 Å². The Morgan fingerprint density at radius 2 is 1.79 bits per heavy atom. The predicted octanol–water partition coefficient (Wildman–Crippen LogP) is 4.38. The van der Waals surface area contributed by atoms with Crippen molar-refractivity contribution in [1.29, 1.82) is 0 Å². The van der Waals surface area contributed by atoms with Crippen molar-refractivity contribution in [2.24, 2.45) is 5.92 Å². The van der Waals surface area contributed by atoms with Gasteiger partial charge in [0.1, 0.15) is 17.3 Å². The summed E-state index contributed by atoms with van der Waals surface area (Å²) in [5, 5.41) is 7.38. The summed E-state index contributed by atoms with van der Waals surface area (Å²) in [4.78, 5) is 36.0. The van der Waals surface area contributed by atoms with Crippen LogP contribution in [0.4, 0.5) is 11.4 Å². The number of rotatable bonds is 7. The fourth-order valence-corrected chi connectivity index (χ4v) is 4.43. The molecule has 4 aromatic rings. The number of amides is 2. The van der Waals surface area contributed by atoms with Crippen LogP contribution in [0.1, 0.15) is 23.6 Å². The van der Waals surface area contributed by atoms with E-state index < -0.39 is 5.92 Å². The monoisotopic (exact) mass is 512 g/mol. The van der Waals surface area contributed by atoms with Gasteiger partial charge in [0.05, 0.1) is 18.7 Å². The molecule has 2 aromatic heterocycles. The van der Waals surface area contributed by atoms with E-state index in [0.717, 1.165) is 11.4 Å². The summed E-state index contributed by atoms with van der Waals surface area (Å²) in [6, 6.07) is 18.0. The van der Waals surface area contributed by atoms with E-state index in [1.54, 1.807) is 60.0 Å². The Hall–Kier alpha value is -4.73. The van der Waals surface area contributed by atoms with Gasteiger partial charge in [0.25, 0.3) is 0 Å². The zero-order chi connectivity index (χ0) is 26.8. The molecule has 1 saturated heterocycles. The van der Waals surface area contributed by atoms with E-state index >= 15 is 0 Å². The number of carbonyl (C=O) groups excluding carboxylic acids is 2. The van der Waals surface area contributed by atoms with Crippen LogP contribution < -0.4 is 19.7 Å². The third-order valence-electron chi connectivity index (χ3n) is 6.23. The Balaban J connectivity index is 1.23. The molecule has 0 radical (unpaired) electrons. The number of nitrogens with zero attached hydrogens (tertiary/aromatic N) is 5. The van der Waals surface area contributed by atoms with Crippen LogP contribution in [0.3, 0.4) is 0 Å². The Bertz CT molecular complexity index is 1500. The van der Waals surface area contributed by atoms with Gasteiger partial charge in [0, 0.05) is 42.2 Å². The number of aryl methyl sites for hydroxylation is 3. The second kappa shape index (κ2) is 10.3. The number of nitrogens with one attached hydrogen (secondary N) is 1. The van der Waals surface area contributed by atoms with Crippen LogP contribution in [0.25, 0.3) is 5.82 Å². The van der Waals surface area contributed by atoms with Crippen molar-refractivity contribution in [2.75, 3.05) is 23.9 Å². The van der Waals surface area contributed by atoms with Crippen molar-refractivity contribution in [3.63, 3.8) is 0 Å². The number of carbonyl (C=O) groups is 2. The number of hydrogen-bond donors (Lipinski definition) is 1. The predicted molar refractivity (Wildman–Crippen MR) is 142 cm³/mol. The second-order valence-corrected chi connectivity index (χ2v) is 9.17. The van der Waals surface area contributed by atoms with Gasteiger partial charge in [-0.05, 0) is 63.2 Å². The first-order chi connectivity index (χ1) is 18.3. The Kier molecular flexibility index (Phi) is 6.78. The van der Waals surface area contributed by atoms with Gasteiger partial charge in [-0.25, -0.2) is 9.67 Å². The van der Waals surface area contributed by atoms with Crippen molar-refractivity contribution >= 4 is 23.2 Å². The van der Waals surface area contributed by atoms with E-state index in [4.69, 9.17) is 9.47 Å². The second-order valence-electron chi connectivity index (χ2n) is 9.17. The Morgan fingerprint density at radius 1 is 1.00 bits per heavy atom. The third kappa shape index (κ3) is 5.34. The van der Waals surface area contributed by atoms with E-state index in [1.165, 1.54) is 0 Å². The molecule has 1 atom stereocenters. The van der Waals surface area contributed by atoms with Crippen molar-refractivity contribution < 1.29 is 19.1 Å². The molecule has 0 saturated carbocycles. The molecule has 5 rings (SSSR count). The molecule has 0 bridgehead atoms. The average molecular weight is 513 g/mol. The van der Waals surface area contributed by atoms with Gasteiger partial charge in [0.15, 0.2) is 5.82 Å². The molecule has 2 amide bonds. The van der Waals surface area contributed by atoms with E-state index in [-0.39, 0.29) is 18.2 Å². The maximum absolute atomic E-state index is 12.9. The summed E-state index contributed by atoms with van der Waals surface area (Å²) in [6.07, 6.45) is 0.148. The van der Waals surface area contributed by atoms with Crippen LogP contribution in [0.15, 0.2) is 60.7 Å². The summed E-state index contributed by atoms with van der Waals surface area (Å²) in [7, 11) is 1.58. The minimum absolute atomic E-state index is 0.0952. The SMILES string of the molecule is COc1cccc(N2CC(C(=O)Nc3ccc(Oc4cc(-n5nc(C)cc5C)nc(C)n4)cc3)CC2=O)c1. The fraction of sp³-hybridized carbons (Fsp3) is 0.250. The van der Waals surface area contributed by atoms with Gasteiger partial charge in [0.2, 0.25) is 17.7 Å². The topological polar surface area (TPSA) is 111 Å². The molecule has 38 heavy (non-hydrogen) atoms. The molecule has 194 valence electrons. The molecule has 0 spiro atoms. The average Bonchev–Trinajstić information content (AvgIpc) is 3.46. The molecular weight excluding hydrogens is 484 g/mol. The minimum atomic E-state index is -0.457. The van der Waals surface area contributed by atoms with Gasteiger partial charge in [-0.15, -0.1) is 0 Å². The lowest BCUT2D eigenvalue weighted by atomic mass is 10.1. The van der Waals surface area contributed by atoms with E-state index in [0.29, 0.717) is 46.9 Å². The third-order valence-corrected chi connectivity index (χ3v) is 6.23. The molecule has 1 unspecified atom stereocenters. The highest BCUT2D eigenvalue weighted by Crippen LogP contribution is 2.29. The smallest absolute Gasteiger partial charge is 0.229 e. The first-order valence-corrected chi connectivity index (χ1v) is 12.2. The van der Waals surface area contributed by atoms with Gasteiger partial charge in [-0.2, -0.15) is 10.1 Å². The van der Waals surface area contributed by atoms with Gasteiger partial charge < -0.3 is 19.7 Å². The van der Waals surface area contributed by atoms with E-state index in [1.807, 2.05) is 38.1 Å². The molecule has 2 aromatic carbocycles. The number of hydrogen-bond acceptors (Lipinski definition) is 7. The Labute approximate surface area is 220 Å². The molecule has 1 N–H and O–H groups in total. The van der Waals surface area contributed by atoms with Crippen LogP contribution in [0, 0.1) is 26.7 Å². The first kappa shape index (κ1) is 24.9. The van der Waals surface area contributed by atoms with Crippen LogP contribution in [-0.4, -0.2) is 45.2 Å². The lowest BCUT2D eigenvalue weighted by molar-refractivity contribution is -0.122. The molecular formula is C28H28N6O4. The lowest BCUT2D eigenvalue weighted by Crippen LogP contribution is -2.28. The number of anilines is 2. The molecule has 3 heterocycles. The largest absolute Gasteiger partial charge is 0.497 e.